The molecule has 0 fully saturated rings. The Balaban J connectivity index is 1.67. The lowest BCUT2D eigenvalue weighted by molar-refractivity contribution is -0.121. The number of para-hydroxylation sites is 1. The summed E-state index contributed by atoms with van der Waals surface area (Å²) in [5.41, 5.74) is 1.24. The first-order chi connectivity index (χ1) is 13.1. The Labute approximate surface area is 163 Å². The second-order valence-electron chi connectivity index (χ2n) is 6.14. The molecule has 3 rings (SSSR count). The summed E-state index contributed by atoms with van der Waals surface area (Å²) in [7, 11) is 0. The van der Waals surface area contributed by atoms with E-state index in [0.717, 1.165) is 12.8 Å². The summed E-state index contributed by atoms with van der Waals surface area (Å²) in [6.07, 6.45) is 1.88. The number of carbonyl (C=O) groups is 2. The van der Waals surface area contributed by atoms with Gasteiger partial charge in [0.2, 0.25) is 0 Å². The minimum atomic E-state index is -0.321. The van der Waals surface area contributed by atoms with Crippen molar-refractivity contribution in [2.24, 2.45) is 0 Å². The molecule has 0 aliphatic carbocycles. The van der Waals surface area contributed by atoms with Gasteiger partial charge < -0.3 is 19.7 Å². The quantitative estimate of drug-likeness (QED) is 0.781. The minimum absolute atomic E-state index is 0.0358. The van der Waals surface area contributed by atoms with E-state index < -0.39 is 0 Å². The Kier molecular flexibility index (Phi) is 6.19. The van der Waals surface area contributed by atoms with E-state index in [2.05, 4.69) is 12.2 Å². The van der Waals surface area contributed by atoms with Crippen LogP contribution in [0.5, 0.6) is 11.5 Å². The first kappa shape index (κ1) is 19.0. The highest BCUT2D eigenvalue weighted by molar-refractivity contribution is 6.32. The van der Waals surface area contributed by atoms with E-state index in [9.17, 15) is 9.59 Å². The van der Waals surface area contributed by atoms with Crippen molar-refractivity contribution in [2.75, 3.05) is 30.0 Å². The fraction of sp³-hybridized carbons (Fsp3) is 0.300. The zero-order valence-electron chi connectivity index (χ0n) is 15.0. The first-order valence-corrected chi connectivity index (χ1v) is 9.20. The van der Waals surface area contributed by atoms with Crippen molar-refractivity contribution in [3.63, 3.8) is 0 Å². The number of unbranched alkanes of at least 4 members (excludes halogenated alkanes) is 1. The lowest BCUT2D eigenvalue weighted by Crippen LogP contribution is -2.39. The van der Waals surface area contributed by atoms with Gasteiger partial charge in [-0.25, -0.2) is 0 Å². The van der Waals surface area contributed by atoms with Crippen molar-refractivity contribution in [2.45, 2.75) is 19.8 Å². The molecule has 0 radical (unpaired) electrons. The standard InChI is InChI=1S/C20H21ClN2O4/c1-2-3-10-23-16-11-14(8-9-18(16)27-13-20(23)25)22-19(24)12-26-17-7-5-4-6-15(17)21/h4-9,11H,2-3,10,12-13H2,1H3,(H,22,24). The van der Waals surface area contributed by atoms with Crippen molar-refractivity contribution >= 4 is 34.8 Å². The highest BCUT2D eigenvalue weighted by atomic mass is 35.5. The first-order valence-electron chi connectivity index (χ1n) is 8.83. The topological polar surface area (TPSA) is 67.9 Å². The fourth-order valence-corrected chi connectivity index (χ4v) is 2.93. The number of ether oxygens (including phenoxy) is 2. The normalized spacial score (nSPS) is 13.0. The van der Waals surface area contributed by atoms with Crippen molar-refractivity contribution in [3.8, 4) is 11.5 Å². The van der Waals surface area contributed by atoms with Crippen LogP contribution in [-0.2, 0) is 9.59 Å². The molecule has 0 atom stereocenters. The van der Waals surface area contributed by atoms with Crippen molar-refractivity contribution in [1.29, 1.82) is 0 Å². The van der Waals surface area contributed by atoms with E-state index in [1.54, 1.807) is 47.4 Å². The number of carbonyl (C=O) groups excluding carboxylic acids is 2. The van der Waals surface area contributed by atoms with E-state index in [1.807, 2.05) is 0 Å². The maximum Gasteiger partial charge on any atom is 0.265 e. The molecule has 2 aromatic rings. The Bertz CT molecular complexity index is 840. The van der Waals surface area contributed by atoms with E-state index in [0.29, 0.717) is 34.4 Å². The van der Waals surface area contributed by atoms with Gasteiger partial charge in [-0.2, -0.15) is 0 Å². The molecule has 27 heavy (non-hydrogen) atoms. The smallest absolute Gasteiger partial charge is 0.265 e. The number of nitrogens with zero attached hydrogens (tertiary/aromatic N) is 1. The third-order valence-corrected chi connectivity index (χ3v) is 4.43. The van der Waals surface area contributed by atoms with Crippen LogP contribution in [0.25, 0.3) is 0 Å². The number of nitrogens with one attached hydrogen (secondary N) is 1. The largest absolute Gasteiger partial charge is 0.482 e. The van der Waals surface area contributed by atoms with E-state index >= 15 is 0 Å². The number of anilines is 2. The van der Waals surface area contributed by atoms with Gasteiger partial charge in [0.15, 0.2) is 13.2 Å². The predicted octanol–water partition coefficient (Wildman–Crippen LogP) is 3.88. The van der Waals surface area contributed by atoms with Crippen molar-refractivity contribution < 1.29 is 19.1 Å². The minimum Gasteiger partial charge on any atom is -0.482 e. The zero-order chi connectivity index (χ0) is 19.2. The number of hydrogen-bond donors (Lipinski definition) is 1. The number of rotatable bonds is 7. The van der Waals surface area contributed by atoms with Gasteiger partial charge >= 0.3 is 0 Å². The molecule has 0 spiro atoms. The summed E-state index contributed by atoms with van der Waals surface area (Å²) in [4.78, 5) is 26.1. The SMILES string of the molecule is CCCCN1C(=O)COc2ccc(NC(=O)COc3ccccc3Cl)cc21. The number of hydrogen-bond acceptors (Lipinski definition) is 4. The summed E-state index contributed by atoms with van der Waals surface area (Å²) >= 11 is 6.01. The van der Waals surface area contributed by atoms with Gasteiger partial charge in [-0.1, -0.05) is 37.1 Å². The molecule has 0 saturated carbocycles. The molecule has 2 amide bonds. The van der Waals surface area contributed by atoms with Gasteiger partial charge in [-0.05, 0) is 36.8 Å². The molecule has 2 aromatic carbocycles. The van der Waals surface area contributed by atoms with Gasteiger partial charge in [0.1, 0.15) is 11.5 Å². The molecule has 1 aliphatic rings. The molecule has 0 unspecified atom stereocenters. The molecule has 1 aliphatic heterocycles. The van der Waals surface area contributed by atoms with Crippen LogP contribution in [0.4, 0.5) is 11.4 Å². The summed E-state index contributed by atoms with van der Waals surface area (Å²) in [6.45, 7) is 2.56. The van der Waals surface area contributed by atoms with Crippen LogP contribution in [0.1, 0.15) is 19.8 Å². The molecule has 0 aromatic heterocycles. The van der Waals surface area contributed by atoms with Crippen LogP contribution >= 0.6 is 11.6 Å². The highest BCUT2D eigenvalue weighted by Crippen LogP contribution is 2.34. The van der Waals surface area contributed by atoms with Crippen molar-refractivity contribution in [1.82, 2.24) is 0 Å². The highest BCUT2D eigenvalue weighted by Gasteiger charge is 2.25. The summed E-state index contributed by atoms with van der Waals surface area (Å²) in [5, 5.41) is 3.22. The lowest BCUT2D eigenvalue weighted by atomic mass is 10.2. The van der Waals surface area contributed by atoms with Crippen LogP contribution < -0.4 is 19.7 Å². The van der Waals surface area contributed by atoms with Crippen molar-refractivity contribution in [3.05, 3.63) is 47.5 Å². The Morgan fingerprint density at radius 2 is 2.11 bits per heavy atom. The average Bonchev–Trinajstić information content (AvgIpc) is 2.66. The maximum absolute atomic E-state index is 12.2. The van der Waals surface area contributed by atoms with Crippen LogP contribution in [0.3, 0.4) is 0 Å². The Morgan fingerprint density at radius 3 is 2.89 bits per heavy atom. The van der Waals surface area contributed by atoms with E-state index in [1.165, 1.54) is 0 Å². The molecule has 0 bridgehead atoms. The Hall–Kier alpha value is -2.73. The van der Waals surface area contributed by atoms with Crippen LogP contribution in [0.15, 0.2) is 42.5 Å². The molecule has 1 heterocycles. The molecule has 0 saturated heterocycles. The van der Waals surface area contributed by atoms with Gasteiger partial charge in [0, 0.05) is 12.2 Å². The molecule has 7 heteroatoms. The predicted molar refractivity (Wildman–Crippen MR) is 105 cm³/mol. The maximum atomic E-state index is 12.2. The second-order valence-corrected chi connectivity index (χ2v) is 6.54. The van der Waals surface area contributed by atoms with E-state index in [-0.39, 0.29) is 25.0 Å². The third kappa shape index (κ3) is 4.71. The van der Waals surface area contributed by atoms with Gasteiger partial charge in [-0.15, -0.1) is 0 Å². The lowest BCUT2D eigenvalue weighted by Gasteiger charge is -2.29. The van der Waals surface area contributed by atoms with Gasteiger partial charge in [0.25, 0.3) is 11.8 Å². The van der Waals surface area contributed by atoms with Crippen LogP contribution in [0, 0.1) is 0 Å². The number of benzene rings is 2. The number of fused-ring (bicyclic) bond motifs is 1. The number of halogens is 1. The third-order valence-electron chi connectivity index (χ3n) is 4.12. The Morgan fingerprint density at radius 1 is 1.30 bits per heavy atom. The van der Waals surface area contributed by atoms with Crippen LogP contribution in [-0.4, -0.2) is 31.6 Å². The number of amides is 2. The molecule has 6 nitrogen and oxygen atoms in total. The monoisotopic (exact) mass is 388 g/mol. The molecular formula is C20H21ClN2O4. The van der Waals surface area contributed by atoms with E-state index in [4.69, 9.17) is 21.1 Å². The second kappa shape index (κ2) is 8.77. The fourth-order valence-electron chi connectivity index (χ4n) is 2.74. The molecular weight excluding hydrogens is 368 g/mol. The zero-order valence-corrected chi connectivity index (χ0v) is 15.8. The molecule has 142 valence electrons. The average molecular weight is 389 g/mol. The van der Waals surface area contributed by atoms with Gasteiger partial charge in [0.05, 0.1) is 10.7 Å². The summed E-state index contributed by atoms with van der Waals surface area (Å²) < 4.78 is 10.9. The summed E-state index contributed by atoms with van der Waals surface area (Å²) in [6, 6.07) is 12.2. The van der Waals surface area contributed by atoms with Crippen LogP contribution in [0.2, 0.25) is 5.02 Å². The molecule has 1 N–H and O–H groups in total. The summed E-state index contributed by atoms with van der Waals surface area (Å²) in [5.74, 6) is 0.681. The van der Waals surface area contributed by atoms with Gasteiger partial charge in [-0.3, -0.25) is 9.59 Å².